The van der Waals surface area contributed by atoms with Gasteiger partial charge in [-0.05, 0) is 41.0 Å². The Hall–Kier alpha value is -1.43. The third-order valence-corrected chi connectivity index (χ3v) is 4.35. The zero-order chi connectivity index (χ0) is 17.3. The van der Waals surface area contributed by atoms with Crippen LogP contribution in [0, 0.1) is 0 Å². The average Bonchev–Trinajstić information content (AvgIpc) is 2.90. The molecule has 3 rings (SSSR count). The van der Waals surface area contributed by atoms with E-state index in [1.165, 1.54) is 6.07 Å². The molecule has 0 aliphatic carbocycles. The number of ether oxygens (including phenoxy) is 1. The number of hydrogen-bond donors (Lipinski definition) is 0. The minimum Gasteiger partial charge on any atom is -0.484 e. The number of benzene rings is 2. The van der Waals surface area contributed by atoms with E-state index in [4.69, 9.17) is 27.9 Å². The van der Waals surface area contributed by atoms with Crippen LogP contribution in [0.25, 0.3) is 0 Å². The van der Waals surface area contributed by atoms with Gasteiger partial charge < -0.3 is 4.74 Å². The van der Waals surface area contributed by atoms with E-state index in [1.54, 1.807) is 6.07 Å². The molecule has 1 aliphatic heterocycles. The van der Waals surface area contributed by atoms with Crippen molar-refractivity contribution in [3.63, 3.8) is 0 Å². The summed E-state index contributed by atoms with van der Waals surface area (Å²) in [6, 6.07) is 10.6. The maximum absolute atomic E-state index is 12.3. The molecule has 1 heterocycles. The summed E-state index contributed by atoms with van der Waals surface area (Å²) >= 11 is 12.1. The van der Waals surface area contributed by atoms with E-state index in [1.807, 2.05) is 24.3 Å². The highest BCUT2D eigenvalue weighted by Crippen LogP contribution is 2.34. The second kappa shape index (κ2) is 6.82. The van der Waals surface area contributed by atoms with Crippen molar-refractivity contribution in [2.75, 3.05) is 6.61 Å². The van der Waals surface area contributed by atoms with Crippen LogP contribution in [-0.2, 0) is 19.6 Å². The van der Waals surface area contributed by atoms with Gasteiger partial charge in [0.2, 0.25) is 0 Å². The number of halogens is 5. The first-order valence-corrected chi connectivity index (χ1v) is 8.03. The average molecular weight is 376 g/mol. The third kappa shape index (κ3) is 4.35. The van der Waals surface area contributed by atoms with Crippen molar-refractivity contribution in [3.05, 3.63) is 63.1 Å². The van der Waals surface area contributed by atoms with E-state index in [0.717, 1.165) is 16.7 Å². The van der Waals surface area contributed by atoms with Gasteiger partial charge in [0.05, 0.1) is 0 Å². The lowest BCUT2D eigenvalue weighted by Gasteiger charge is -2.14. The van der Waals surface area contributed by atoms with Crippen LogP contribution in [-0.4, -0.2) is 17.7 Å². The molecule has 1 aliphatic rings. The Bertz CT molecular complexity index is 732. The van der Waals surface area contributed by atoms with Crippen molar-refractivity contribution in [1.82, 2.24) is 4.90 Å². The first kappa shape index (κ1) is 17.4. The van der Waals surface area contributed by atoms with Crippen LogP contribution in [0.2, 0.25) is 10.0 Å². The summed E-state index contributed by atoms with van der Waals surface area (Å²) in [4.78, 5) is 2.16. The fraction of sp³-hybridized carbons (Fsp3) is 0.294. The molecule has 0 saturated carbocycles. The second-order valence-electron chi connectivity index (χ2n) is 5.72. The predicted molar refractivity (Wildman–Crippen MR) is 87.4 cm³/mol. The van der Waals surface area contributed by atoms with Gasteiger partial charge in [0.1, 0.15) is 5.75 Å². The molecule has 7 heteroatoms. The van der Waals surface area contributed by atoms with Crippen molar-refractivity contribution >= 4 is 23.2 Å². The van der Waals surface area contributed by atoms with Gasteiger partial charge in [0, 0.05) is 29.7 Å². The number of fused-ring (bicyclic) bond motifs is 1. The molecular weight excluding hydrogens is 362 g/mol. The molecular formula is C17H14Cl2F3NO. The first-order valence-electron chi connectivity index (χ1n) is 7.28. The normalized spacial score (nSPS) is 14.7. The molecule has 2 aromatic rings. The summed E-state index contributed by atoms with van der Waals surface area (Å²) in [6.07, 6.45) is -4.37. The van der Waals surface area contributed by atoms with Crippen LogP contribution in [0.1, 0.15) is 16.7 Å². The highest BCUT2D eigenvalue weighted by atomic mass is 35.5. The van der Waals surface area contributed by atoms with Gasteiger partial charge in [-0.1, -0.05) is 35.3 Å². The topological polar surface area (TPSA) is 12.5 Å². The fourth-order valence-electron chi connectivity index (χ4n) is 2.71. The van der Waals surface area contributed by atoms with Crippen molar-refractivity contribution in [2.24, 2.45) is 0 Å². The van der Waals surface area contributed by atoms with E-state index in [-0.39, 0.29) is 5.75 Å². The maximum Gasteiger partial charge on any atom is 0.422 e. The van der Waals surface area contributed by atoms with Gasteiger partial charge in [-0.25, -0.2) is 0 Å². The Balaban J connectivity index is 1.70. The lowest BCUT2D eigenvalue weighted by atomic mass is 10.1. The standard InChI is InChI=1S/C17H14Cl2F3NO/c18-13-3-1-11(2-4-13)7-23-8-12-5-14(24-10-17(20,21)22)6-16(19)15(12)9-23/h1-6H,7-10H2. The molecule has 0 radical (unpaired) electrons. The highest BCUT2D eigenvalue weighted by molar-refractivity contribution is 6.31. The molecule has 2 aromatic carbocycles. The fourth-order valence-corrected chi connectivity index (χ4v) is 3.13. The third-order valence-electron chi connectivity index (χ3n) is 3.76. The van der Waals surface area contributed by atoms with Gasteiger partial charge in [-0.3, -0.25) is 4.90 Å². The number of nitrogens with zero attached hydrogens (tertiary/aromatic N) is 1. The SMILES string of the molecule is FC(F)(F)COc1cc(Cl)c2c(c1)CN(Cc1ccc(Cl)cc1)C2. The van der Waals surface area contributed by atoms with Crippen molar-refractivity contribution in [2.45, 2.75) is 25.8 Å². The molecule has 0 bridgehead atoms. The van der Waals surface area contributed by atoms with E-state index in [2.05, 4.69) is 4.90 Å². The van der Waals surface area contributed by atoms with Crippen LogP contribution >= 0.6 is 23.2 Å². The van der Waals surface area contributed by atoms with Crippen LogP contribution in [0.3, 0.4) is 0 Å². The summed E-state index contributed by atoms with van der Waals surface area (Å²) in [5.74, 6) is 0.143. The van der Waals surface area contributed by atoms with E-state index in [9.17, 15) is 13.2 Å². The second-order valence-corrected chi connectivity index (χ2v) is 6.56. The minimum atomic E-state index is -4.37. The van der Waals surface area contributed by atoms with Crippen LogP contribution in [0.15, 0.2) is 36.4 Å². The van der Waals surface area contributed by atoms with Gasteiger partial charge in [0.15, 0.2) is 6.61 Å². The summed E-state index contributed by atoms with van der Waals surface area (Å²) in [7, 11) is 0. The molecule has 0 amide bonds. The predicted octanol–water partition coefficient (Wildman–Crippen LogP) is 5.45. The largest absolute Gasteiger partial charge is 0.484 e. The summed E-state index contributed by atoms with van der Waals surface area (Å²) < 4.78 is 41.6. The number of rotatable bonds is 4. The summed E-state index contributed by atoms with van der Waals surface area (Å²) in [6.45, 7) is 0.648. The zero-order valence-electron chi connectivity index (χ0n) is 12.5. The zero-order valence-corrected chi connectivity index (χ0v) is 14.0. The quantitative estimate of drug-likeness (QED) is 0.704. The van der Waals surface area contributed by atoms with Crippen molar-refractivity contribution in [1.29, 1.82) is 0 Å². The van der Waals surface area contributed by atoms with Crippen LogP contribution < -0.4 is 4.74 Å². The lowest BCUT2D eigenvalue weighted by molar-refractivity contribution is -0.153. The molecule has 0 spiro atoms. The van der Waals surface area contributed by atoms with E-state index < -0.39 is 12.8 Å². The molecule has 128 valence electrons. The Kier molecular flexibility index (Phi) is 4.95. The Morgan fingerprint density at radius 3 is 2.42 bits per heavy atom. The first-order chi connectivity index (χ1) is 11.3. The highest BCUT2D eigenvalue weighted by Gasteiger charge is 2.29. The number of hydrogen-bond acceptors (Lipinski definition) is 2. The van der Waals surface area contributed by atoms with Gasteiger partial charge in [-0.2, -0.15) is 13.2 Å². The molecule has 2 nitrogen and oxygen atoms in total. The Morgan fingerprint density at radius 2 is 1.75 bits per heavy atom. The van der Waals surface area contributed by atoms with Crippen LogP contribution in [0.4, 0.5) is 13.2 Å². The maximum atomic E-state index is 12.3. The molecule has 0 fully saturated rings. The molecule has 24 heavy (non-hydrogen) atoms. The van der Waals surface area contributed by atoms with Crippen LogP contribution in [0.5, 0.6) is 5.75 Å². The number of alkyl halides is 3. The molecule has 0 unspecified atom stereocenters. The molecule has 0 aromatic heterocycles. The molecule has 0 N–H and O–H groups in total. The Morgan fingerprint density at radius 1 is 1.04 bits per heavy atom. The summed E-state index contributed by atoms with van der Waals surface area (Å²) in [5.41, 5.74) is 2.94. The van der Waals surface area contributed by atoms with Gasteiger partial charge >= 0.3 is 6.18 Å². The van der Waals surface area contributed by atoms with E-state index in [0.29, 0.717) is 29.7 Å². The minimum absolute atomic E-state index is 0.143. The lowest BCUT2D eigenvalue weighted by Crippen LogP contribution is -2.19. The van der Waals surface area contributed by atoms with Gasteiger partial charge in [0.25, 0.3) is 0 Å². The van der Waals surface area contributed by atoms with Crippen molar-refractivity contribution < 1.29 is 17.9 Å². The van der Waals surface area contributed by atoms with Crippen molar-refractivity contribution in [3.8, 4) is 5.75 Å². The molecule has 0 atom stereocenters. The molecule has 0 saturated heterocycles. The van der Waals surface area contributed by atoms with E-state index >= 15 is 0 Å². The summed E-state index contributed by atoms with van der Waals surface area (Å²) in [5, 5.41) is 1.11. The van der Waals surface area contributed by atoms with Gasteiger partial charge in [-0.15, -0.1) is 0 Å². The monoisotopic (exact) mass is 375 g/mol. The smallest absolute Gasteiger partial charge is 0.422 e. The Labute approximate surface area is 147 Å².